The minimum absolute atomic E-state index is 0.411. The van der Waals surface area contributed by atoms with Crippen molar-refractivity contribution in [3.05, 3.63) is 54.7 Å². The quantitative estimate of drug-likeness (QED) is 0.665. The summed E-state index contributed by atoms with van der Waals surface area (Å²) in [6.45, 7) is 0. The maximum absolute atomic E-state index is 9.12. The van der Waals surface area contributed by atoms with E-state index in [2.05, 4.69) is 9.97 Å². The molecule has 2 aromatic carbocycles. The number of nitrogens with zero attached hydrogens (tertiary/aromatic N) is 2. The summed E-state index contributed by atoms with van der Waals surface area (Å²) in [6.07, 6.45) is 1.69. The molecule has 0 amide bonds. The summed E-state index contributed by atoms with van der Waals surface area (Å²) in [5.41, 5.74) is 3.58. The first kappa shape index (κ1) is 11.8. The van der Waals surface area contributed by atoms with Crippen LogP contribution in [0.2, 0.25) is 0 Å². The van der Waals surface area contributed by atoms with Gasteiger partial charge in [-0.15, -0.1) is 0 Å². The van der Waals surface area contributed by atoms with E-state index in [4.69, 9.17) is 10.0 Å². The monoisotopic (exact) mass is 250 g/mol. The van der Waals surface area contributed by atoms with E-state index in [0.717, 1.165) is 16.8 Å². The van der Waals surface area contributed by atoms with Crippen LogP contribution < -0.4 is 5.46 Å². The highest BCUT2D eigenvalue weighted by Gasteiger charge is 2.12. The van der Waals surface area contributed by atoms with Crippen LogP contribution in [0.15, 0.2) is 54.7 Å². The van der Waals surface area contributed by atoms with Gasteiger partial charge in [0, 0.05) is 5.56 Å². The number of rotatable bonds is 2. The van der Waals surface area contributed by atoms with Crippen molar-refractivity contribution in [2.75, 3.05) is 0 Å². The van der Waals surface area contributed by atoms with Gasteiger partial charge in [0.05, 0.1) is 22.9 Å². The Bertz CT molecular complexity index is 717. The molecule has 4 nitrogen and oxygen atoms in total. The Labute approximate surface area is 110 Å². The van der Waals surface area contributed by atoms with Crippen LogP contribution in [0.1, 0.15) is 0 Å². The van der Waals surface area contributed by atoms with Crippen molar-refractivity contribution in [1.82, 2.24) is 9.97 Å². The van der Waals surface area contributed by atoms with Gasteiger partial charge in [-0.25, -0.2) is 4.98 Å². The van der Waals surface area contributed by atoms with Gasteiger partial charge in [0.2, 0.25) is 0 Å². The molecule has 0 aliphatic heterocycles. The zero-order valence-corrected chi connectivity index (χ0v) is 10.1. The molecule has 3 aromatic rings. The molecule has 0 fully saturated rings. The molecule has 92 valence electrons. The van der Waals surface area contributed by atoms with Gasteiger partial charge in [0.15, 0.2) is 0 Å². The molecule has 19 heavy (non-hydrogen) atoms. The first-order valence-electron chi connectivity index (χ1n) is 5.92. The third-order valence-corrected chi connectivity index (χ3v) is 2.93. The molecule has 1 heterocycles. The van der Waals surface area contributed by atoms with E-state index < -0.39 is 7.12 Å². The summed E-state index contributed by atoms with van der Waals surface area (Å²) in [4.78, 5) is 8.84. The second-order valence-electron chi connectivity index (χ2n) is 4.24. The number of fused-ring (bicyclic) bond motifs is 1. The zero-order chi connectivity index (χ0) is 13.2. The molecule has 0 saturated carbocycles. The number of hydrogen-bond acceptors (Lipinski definition) is 4. The lowest BCUT2D eigenvalue weighted by Crippen LogP contribution is -2.29. The van der Waals surface area contributed by atoms with Crippen LogP contribution >= 0.6 is 0 Å². The predicted molar refractivity (Wildman–Crippen MR) is 74.8 cm³/mol. The Morgan fingerprint density at radius 2 is 1.68 bits per heavy atom. The van der Waals surface area contributed by atoms with Gasteiger partial charge in [0.1, 0.15) is 0 Å². The summed E-state index contributed by atoms with van der Waals surface area (Å²) < 4.78 is 0. The summed E-state index contributed by atoms with van der Waals surface area (Å²) >= 11 is 0. The number of hydrogen-bond donors (Lipinski definition) is 2. The second kappa shape index (κ2) is 4.80. The lowest BCUT2D eigenvalue weighted by atomic mass is 9.80. The predicted octanol–water partition coefficient (Wildman–Crippen LogP) is 0.977. The Balaban J connectivity index is 2.10. The molecule has 1 aromatic heterocycles. The minimum atomic E-state index is -1.49. The van der Waals surface area contributed by atoms with Crippen molar-refractivity contribution in [3.63, 3.8) is 0 Å². The topological polar surface area (TPSA) is 66.2 Å². The lowest BCUT2D eigenvalue weighted by Gasteiger charge is -2.04. The fraction of sp³-hybridized carbons (Fsp3) is 0. The molecule has 0 spiro atoms. The van der Waals surface area contributed by atoms with E-state index in [1.54, 1.807) is 24.4 Å². The van der Waals surface area contributed by atoms with E-state index in [0.29, 0.717) is 11.0 Å². The number of aromatic nitrogens is 2. The fourth-order valence-corrected chi connectivity index (χ4v) is 1.94. The van der Waals surface area contributed by atoms with Gasteiger partial charge in [-0.05, 0) is 17.6 Å². The van der Waals surface area contributed by atoms with Gasteiger partial charge < -0.3 is 10.0 Å². The first-order valence-corrected chi connectivity index (χ1v) is 5.92. The van der Waals surface area contributed by atoms with Crippen molar-refractivity contribution in [1.29, 1.82) is 0 Å². The number of benzene rings is 2. The molecule has 0 bridgehead atoms. The van der Waals surface area contributed by atoms with Crippen molar-refractivity contribution < 1.29 is 10.0 Å². The highest BCUT2D eigenvalue weighted by atomic mass is 16.4. The summed E-state index contributed by atoms with van der Waals surface area (Å²) in [6, 6.07) is 14.8. The molecular formula is C14H11BN2O2. The molecule has 3 rings (SSSR count). The van der Waals surface area contributed by atoms with E-state index in [1.807, 2.05) is 30.3 Å². The van der Waals surface area contributed by atoms with Crippen LogP contribution in [0.4, 0.5) is 0 Å². The van der Waals surface area contributed by atoms with E-state index in [9.17, 15) is 0 Å². The molecule has 0 atom stereocenters. The fourth-order valence-electron chi connectivity index (χ4n) is 1.94. The summed E-state index contributed by atoms with van der Waals surface area (Å²) in [5.74, 6) is 0. The molecule has 2 N–H and O–H groups in total. The van der Waals surface area contributed by atoms with Crippen LogP contribution in [-0.2, 0) is 0 Å². The van der Waals surface area contributed by atoms with Crippen LogP contribution in [0.25, 0.3) is 22.3 Å². The molecule has 5 heteroatoms. The molecular weight excluding hydrogens is 239 g/mol. The standard InChI is InChI=1S/C14H11BN2O2/c18-15(19)11-6-7-12-13(8-11)16-9-14(17-12)10-4-2-1-3-5-10/h1-9,18-19H. The smallest absolute Gasteiger partial charge is 0.423 e. The largest absolute Gasteiger partial charge is 0.488 e. The average Bonchev–Trinajstić information content (AvgIpc) is 2.47. The van der Waals surface area contributed by atoms with Crippen LogP contribution in [0.3, 0.4) is 0 Å². The van der Waals surface area contributed by atoms with Gasteiger partial charge in [-0.2, -0.15) is 0 Å². The zero-order valence-electron chi connectivity index (χ0n) is 10.1. The van der Waals surface area contributed by atoms with Gasteiger partial charge in [-0.3, -0.25) is 4.98 Å². The highest BCUT2D eigenvalue weighted by molar-refractivity contribution is 6.58. The molecule has 0 aliphatic rings. The van der Waals surface area contributed by atoms with E-state index in [-0.39, 0.29) is 0 Å². The summed E-state index contributed by atoms with van der Waals surface area (Å²) in [7, 11) is -1.49. The van der Waals surface area contributed by atoms with E-state index in [1.165, 1.54) is 0 Å². The lowest BCUT2D eigenvalue weighted by molar-refractivity contribution is 0.426. The van der Waals surface area contributed by atoms with Gasteiger partial charge >= 0.3 is 7.12 Å². The maximum atomic E-state index is 9.12. The van der Waals surface area contributed by atoms with Crippen LogP contribution in [0, 0.1) is 0 Å². The SMILES string of the molecule is OB(O)c1ccc2nc(-c3ccccc3)cnc2c1. The van der Waals surface area contributed by atoms with Gasteiger partial charge in [0.25, 0.3) is 0 Å². The summed E-state index contributed by atoms with van der Waals surface area (Å²) in [5, 5.41) is 18.2. The van der Waals surface area contributed by atoms with Crippen LogP contribution in [0.5, 0.6) is 0 Å². The third-order valence-electron chi connectivity index (χ3n) is 2.93. The van der Waals surface area contributed by atoms with Crippen molar-refractivity contribution in [2.24, 2.45) is 0 Å². The Morgan fingerprint density at radius 1 is 0.895 bits per heavy atom. The normalized spacial score (nSPS) is 10.6. The van der Waals surface area contributed by atoms with Crippen molar-refractivity contribution in [2.45, 2.75) is 0 Å². The Hall–Kier alpha value is -2.24. The van der Waals surface area contributed by atoms with Crippen molar-refractivity contribution >= 4 is 23.6 Å². The van der Waals surface area contributed by atoms with Crippen LogP contribution in [-0.4, -0.2) is 27.1 Å². The van der Waals surface area contributed by atoms with Gasteiger partial charge in [-0.1, -0.05) is 36.4 Å². The molecule has 0 saturated heterocycles. The van der Waals surface area contributed by atoms with Crippen molar-refractivity contribution in [3.8, 4) is 11.3 Å². The highest BCUT2D eigenvalue weighted by Crippen LogP contribution is 2.18. The first-order chi connectivity index (χ1) is 9.24. The molecule has 0 aliphatic carbocycles. The minimum Gasteiger partial charge on any atom is -0.423 e. The second-order valence-corrected chi connectivity index (χ2v) is 4.24. The third kappa shape index (κ3) is 2.34. The average molecular weight is 250 g/mol. The Kier molecular flexibility index (Phi) is 2.99. The Morgan fingerprint density at radius 3 is 2.42 bits per heavy atom. The maximum Gasteiger partial charge on any atom is 0.488 e. The van der Waals surface area contributed by atoms with E-state index >= 15 is 0 Å². The molecule has 0 unspecified atom stereocenters. The molecule has 0 radical (unpaired) electrons.